The fourth-order valence-electron chi connectivity index (χ4n) is 0.428. The molecule has 0 aliphatic carbocycles. The van der Waals surface area contributed by atoms with Crippen molar-refractivity contribution >= 4 is 12.6 Å². The van der Waals surface area contributed by atoms with E-state index in [9.17, 15) is 0 Å². The quantitative estimate of drug-likeness (QED) is 0.521. The maximum atomic E-state index is 4.08. The molecule has 0 unspecified atom stereocenters. The molecule has 9 heavy (non-hydrogen) atoms. The summed E-state index contributed by atoms with van der Waals surface area (Å²) in [4.78, 5) is 1.02. The van der Waals surface area contributed by atoms with Crippen LogP contribution in [0, 0.1) is 0 Å². The van der Waals surface area contributed by atoms with Gasteiger partial charge < -0.3 is 0 Å². The van der Waals surface area contributed by atoms with Gasteiger partial charge in [-0.1, -0.05) is 18.2 Å². The van der Waals surface area contributed by atoms with Crippen LogP contribution in [0.4, 0.5) is 0 Å². The molecule has 0 N–H and O–H groups in total. The topological polar surface area (TPSA) is 0 Å². The van der Waals surface area contributed by atoms with Crippen LogP contribution < -0.4 is 0 Å². The van der Waals surface area contributed by atoms with Gasteiger partial charge in [0.1, 0.15) is 0 Å². The second-order valence-corrected chi connectivity index (χ2v) is 1.85. The van der Waals surface area contributed by atoms with Gasteiger partial charge in [0.25, 0.3) is 0 Å². The molecule has 0 aliphatic heterocycles. The predicted molar refractivity (Wildman–Crippen MR) is 33.7 cm³/mol. The fraction of sp³-hybridized carbons (Fsp3) is 0. The first-order valence-corrected chi connectivity index (χ1v) is 2.58. The third-order valence-corrected chi connectivity index (χ3v) is 1.05. The summed E-state index contributed by atoms with van der Waals surface area (Å²) in [5, 5.41) is 0. The van der Waals surface area contributed by atoms with Gasteiger partial charge in [0, 0.05) is 43.9 Å². The maximum absolute atomic E-state index is 4.08. The maximum Gasteiger partial charge on any atom is 0.00399 e. The van der Waals surface area contributed by atoms with Gasteiger partial charge >= 0.3 is 0 Å². The fourth-order valence-corrected chi connectivity index (χ4v) is 0.600. The molecule has 1 aromatic rings. The molecule has 0 fully saturated rings. The molecule has 0 nitrogen and oxygen atoms in total. The van der Waals surface area contributed by atoms with Gasteiger partial charge in [-0.25, -0.2) is 0 Å². The normalized spacial score (nSPS) is 6.78. The van der Waals surface area contributed by atoms with Crippen molar-refractivity contribution < 1.29 is 39.0 Å². The summed E-state index contributed by atoms with van der Waals surface area (Å²) < 4.78 is 0. The molecule has 3 heteroatoms. The minimum Gasteiger partial charge on any atom is -0.143 e. The molecule has 0 aliphatic rings. The predicted octanol–water partition coefficient (Wildman–Crippen LogP) is 1.97. The van der Waals surface area contributed by atoms with E-state index in [1.807, 2.05) is 30.3 Å². The molecule has 1 rings (SSSR count). The molecule has 1 aromatic carbocycles. The first-order chi connectivity index (χ1) is 3.39. The van der Waals surface area contributed by atoms with Crippen LogP contribution in [0.1, 0.15) is 0 Å². The van der Waals surface area contributed by atoms with E-state index in [0.29, 0.717) is 0 Å². The zero-order chi connectivity index (χ0) is 5.11. The standard InChI is InChI=1S/C6H6S.2Zn/c7-6-4-2-1-3-5-6;;/h1-5,7H;;. The molecule has 0 heterocycles. The van der Waals surface area contributed by atoms with Crippen LogP contribution in [0.5, 0.6) is 0 Å². The summed E-state index contributed by atoms with van der Waals surface area (Å²) in [5.74, 6) is 0. The van der Waals surface area contributed by atoms with Gasteiger partial charge in [-0.3, -0.25) is 0 Å². The summed E-state index contributed by atoms with van der Waals surface area (Å²) in [5.41, 5.74) is 0. The number of benzene rings is 1. The molecule has 0 spiro atoms. The number of thiol groups is 1. The van der Waals surface area contributed by atoms with E-state index >= 15 is 0 Å². The summed E-state index contributed by atoms with van der Waals surface area (Å²) in [6.45, 7) is 0. The van der Waals surface area contributed by atoms with E-state index in [4.69, 9.17) is 0 Å². The summed E-state index contributed by atoms with van der Waals surface area (Å²) in [6, 6.07) is 9.79. The Morgan fingerprint density at radius 3 is 1.56 bits per heavy atom. The summed E-state index contributed by atoms with van der Waals surface area (Å²) in [6.07, 6.45) is 0. The minimum absolute atomic E-state index is 0. The van der Waals surface area contributed by atoms with Gasteiger partial charge in [-0.15, -0.1) is 12.6 Å². The Labute approximate surface area is 86.4 Å². The monoisotopic (exact) mass is 238 g/mol. The van der Waals surface area contributed by atoms with Crippen LogP contribution in [-0.4, -0.2) is 0 Å². The van der Waals surface area contributed by atoms with E-state index in [2.05, 4.69) is 12.6 Å². The minimum atomic E-state index is 0. The van der Waals surface area contributed by atoms with Crippen molar-refractivity contribution in [3.05, 3.63) is 30.3 Å². The van der Waals surface area contributed by atoms with Crippen LogP contribution in [0.3, 0.4) is 0 Å². The first kappa shape index (κ1) is 12.5. The summed E-state index contributed by atoms with van der Waals surface area (Å²) >= 11 is 4.08. The molecule has 0 saturated heterocycles. The smallest absolute Gasteiger partial charge is 0.00399 e. The van der Waals surface area contributed by atoms with Crippen molar-refractivity contribution in [1.29, 1.82) is 0 Å². The third kappa shape index (κ3) is 5.27. The summed E-state index contributed by atoms with van der Waals surface area (Å²) in [7, 11) is 0. The second-order valence-electron chi connectivity index (χ2n) is 1.34. The molecule has 40 valence electrons. The largest absolute Gasteiger partial charge is 0.143 e. The number of rotatable bonds is 0. The van der Waals surface area contributed by atoms with Crippen LogP contribution >= 0.6 is 12.6 Å². The van der Waals surface area contributed by atoms with Gasteiger partial charge in [0.05, 0.1) is 0 Å². The molecule has 0 radical (unpaired) electrons. The van der Waals surface area contributed by atoms with Crippen molar-refractivity contribution in [2.24, 2.45) is 0 Å². The van der Waals surface area contributed by atoms with Crippen LogP contribution in [0.2, 0.25) is 0 Å². The van der Waals surface area contributed by atoms with Crippen molar-refractivity contribution in [1.82, 2.24) is 0 Å². The SMILES string of the molecule is Sc1ccccc1.[Zn].[Zn]. The Bertz CT molecular complexity index is 141. The van der Waals surface area contributed by atoms with Crippen molar-refractivity contribution in [3.8, 4) is 0 Å². The van der Waals surface area contributed by atoms with Crippen molar-refractivity contribution in [2.75, 3.05) is 0 Å². The molecule has 0 bridgehead atoms. The number of hydrogen-bond acceptors (Lipinski definition) is 1. The van der Waals surface area contributed by atoms with E-state index in [-0.39, 0.29) is 39.0 Å². The van der Waals surface area contributed by atoms with Crippen LogP contribution in [-0.2, 0) is 39.0 Å². The Hall–Kier alpha value is 0.817. The zero-order valence-corrected chi connectivity index (χ0v) is 12.1. The average Bonchev–Trinajstić information content (AvgIpc) is 1.69. The first-order valence-electron chi connectivity index (χ1n) is 2.13. The zero-order valence-electron chi connectivity index (χ0n) is 5.25. The molecule has 0 aromatic heterocycles. The van der Waals surface area contributed by atoms with Crippen molar-refractivity contribution in [3.63, 3.8) is 0 Å². The number of hydrogen-bond donors (Lipinski definition) is 1. The van der Waals surface area contributed by atoms with E-state index in [1.54, 1.807) is 0 Å². The van der Waals surface area contributed by atoms with Gasteiger partial charge in [-0.05, 0) is 12.1 Å². The van der Waals surface area contributed by atoms with E-state index in [1.165, 1.54) is 0 Å². The Morgan fingerprint density at radius 1 is 0.889 bits per heavy atom. The van der Waals surface area contributed by atoms with Crippen LogP contribution in [0.15, 0.2) is 35.2 Å². The Morgan fingerprint density at radius 2 is 1.33 bits per heavy atom. The molecule has 0 atom stereocenters. The van der Waals surface area contributed by atoms with Gasteiger partial charge in [-0.2, -0.15) is 0 Å². The van der Waals surface area contributed by atoms with E-state index < -0.39 is 0 Å². The molecule has 0 saturated carbocycles. The Balaban J connectivity index is 0. The molecular weight excluding hydrogens is 235 g/mol. The average molecular weight is 241 g/mol. The van der Waals surface area contributed by atoms with Gasteiger partial charge in [0.2, 0.25) is 0 Å². The molecular formula is C6H6SZn2. The Kier molecular flexibility index (Phi) is 9.62. The molecule has 0 amide bonds. The van der Waals surface area contributed by atoms with E-state index in [0.717, 1.165) is 4.90 Å². The third-order valence-electron chi connectivity index (χ3n) is 0.756. The second kappa shape index (κ2) is 6.93. The van der Waals surface area contributed by atoms with Crippen molar-refractivity contribution in [2.45, 2.75) is 4.90 Å². The van der Waals surface area contributed by atoms with Crippen LogP contribution in [0.25, 0.3) is 0 Å². The van der Waals surface area contributed by atoms with Gasteiger partial charge in [0.15, 0.2) is 0 Å².